The van der Waals surface area contributed by atoms with Crippen molar-refractivity contribution in [2.45, 2.75) is 33.1 Å². The van der Waals surface area contributed by atoms with E-state index in [1.807, 2.05) is 17.5 Å². The number of carbonyl (C=O) groups is 2. The molecule has 0 aromatic carbocycles. The molecule has 3 N–H and O–H groups in total. The van der Waals surface area contributed by atoms with Crippen molar-refractivity contribution < 1.29 is 14.8 Å². The molecule has 2 aromatic heterocycles. The van der Waals surface area contributed by atoms with E-state index in [2.05, 4.69) is 29.1 Å². The molecule has 0 unspecified atom stereocenters. The zero-order valence-electron chi connectivity index (χ0n) is 14.7. The summed E-state index contributed by atoms with van der Waals surface area (Å²) in [5.74, 6) is -0.293. The van der Waals surface area contributed by atoms with Gasteiger partial charge in [0.1, 0.15) is 5.69 Å². The first-order valence-electron chi connectivity index (χ1n) is 8.31. The van der Waals surface area contributed by atoms with E-state index in [1.54, 1.807) is 11.7 Å². The third-order valence-corrected chi connectivity index (χ3v) is 5.29. The Morgan fingerprint density at radius 1 is 1.31 bits per heavy atom. The molecule has 2 heterocycles. The number of carbonyl (C=O) groups excluding carboxylic acids is 2. The molecule has 0 atom stereocenters. The molecule has 0 fully saturated rings. The average Bonchev–Trinajstić information content (AvgIpc) is 3.28. The van der Waals surface area contributed by atoms with Crippen molar-refractivity contribution in [3.05, 3.63) is 28.2 Å². The second-order valence-electron chi connectivity index (χ2n) is 5.92. The van der Waals surface area contributed by atoms with E-state index >= 15 is 0 Å². The topological polar surface area (TPSA) is 104 Å². The van der Waals surface area contributed by atoms with E-state index in [0.717, 1.165) is 14.9 Å². The highest BCUT2D eigenvalue weighted by Crippen LogP contribution is 2.30. The van der Waals surface area contributed by atoms with Crippen LogP contribution in [0.4, 0.5) is 0 Å². The number of hydroxylamine groups is 1. The van der Waals surface area contributed by atoms with E-state index in [-0.39, 0.29) is 12.3 Å². The predicted octanol–water partition coefficient (Wildman–Crippen LogP) is 3.34. The van der Waals surface area contributed by atoms with Crippen LogP contribution in [0.5, 0.6) is 0 Å². The number of nitrogens with zero attached hydrogens (tertiary/aromatic N) is 2. The molecule has 0 aliphatic heterocycles. The summed E-state index contributed by atoms with van der Waals surface area (Å²) in [7, 11) is 0. The predicted molar refractivity (Wildman–Crippen MR) is 103 cm³/mol. The summed E-state index contributed by atoms with van der Waals surface area (Å²) >= 11 is 2.93. The molecular weight excluding hydrogens is 372 g/mol. The fourth-order valence-electron chi connectivity index (χ4n) is 2.06. The normalized spacial score (nSPS) is 11.2. The Balaban J connectivity index is 2.03. The molecule has 0 spiro atoms. The van der Waals surface area contributed by atoms with Gasteiger partial charge in [0.25, 0.3) is 5.91 Å². The number of aromatic nitrogens is 2. The summed E-state index contributed by atoms with van der Waals surface area (Å²) in [6.07, 6.45) is 7.12. The third kappa shape index (κ3) is 6.01. The molecule has 2 aromatic rings. The molecule has 140 valence electrons. The van der Waals surface area contributed by atoms with Gasteiger partial charge in [0.05, 0.1) is 4.88 Å². The van der Waals surface area contributed by atoms with Crippen molar-refractivity contribution >= 4 is 40.6 Å². The number of unbranched alkanes of at least 4 members (excludes halogenated alkanes) is 1. The van der Waals surface area contributed by atoms with Crippen LogP contribution in [0.15, 0.2) is 17.7 Å². The Bertz CT molecular complexity index is 754. The van der Waals surface area contributed by atoms with Crippen LogP contribution < -0.4 is 10.8 Å². The first-order chi connectivity index (χ1) is 12.5. The van der Waals surface area contributed by atoms with Gasteiger partial charge in [0.15, 0.2) is 10.0 Å². The molecule has 9 heteroatoms. The molecule has 0 bridgehead atoms. The minimum Gasteiger partial charge on any atom is -0.351 e. The van der Waals surface area contributed by atoms with Gasteiger partial charge in [-0.25, -0.2) is 15.4 Å². The summed E-state index contributed by atoms with van der Waals surface area (Å²) in [6, 6.07) is 0. The van der Waals surface area contributed by atoms with Gasteiger partial charge < -0.3 is 5.32 Å². The number of hydrogen-bond acceptors (Lipinski definition) is 7. The summed E-state index contributed by atoms with van der Waals surface area (Å²) in [5, 5.41) is 14.7. The number of amides is 2. The van der Waals surface area contributed by atoms with Crippen LogP contribution in [0, 0.1) is 5.92 Å². The summed E-state index contributed by atoms with van der Waals surface area (Å²) in [6.45, 7) is 4.58. The minimum absolute atomic E-state index is 0.222. The Labute approximate surface area is 160 Å². The molecule has 0 saturated heterocycles. The van der Waals surface area contributed by atoms with E-state index < -0.39 is 5.91 Å². The maximum Gasteiger partial charge on any atom is 0.271 e. The smallest absolute Gasteiger partial charge is 0.271 e. The standard InChI is InChI=1S/C17H22N4O3S2/c1-11(2)6-7-12-14(20-17(26-12)16-19-9-10-25-16)15(23)18-8-4-3-5-13(22)21-24/h6-7,9-11,24H,3-5,8H2,1-2H3,(H,18,23)(H,21,22). The fourth-order valence-corrected chi connectivity index (χ4v) is 3.72. The SMILES string of the molecule is CC(C)C=Cc1sc(-c2nccs2)nc1C(=O)NCCCCC(=O)NO. The highest BCUT2D eigenvalue weighted by Gasteiger charge is 2.18. The van der Waals surface area contributed by atoms with Crippen LogP contribution >= 0.6 is 22.7 Å². The van der Waals surface area contributed by atoms with Crippen LogP contribution in [0.25, 0.3) is 16.1 Å². The van der Waals surface area contributed by atoms with Gasteiger partial charge in [-0.2, -0.15) is 0 Å². The molecule has 0 aliphatic rings. The zero-order valence-corrected chi connectivity index (χ0v) is 16.3. The second kappa shape index (κ2) is 10.1. The zero-order chi connectivity index (χ0) is 18.9. The lowest BCUT2D eigenvalue weighted by Gasteiger charge is -2.04. The van der Waals surface area contributed by atoms with E-state index in [1.165, 1.54) is 22.7 Å². The number of hydrogen-bond donors (Lipinski definition) is 3. The van der Waals surface area contributed by atoms with E-state index in [0.29, 0.717) is 31.0 Å². The molecule has 26 heavy (non-hydrogen) atoms. The largest absolute Gasteiger partial charge is 0.351 e. The number of rotatable bonds is 9. The third-order valence-electron chi connectivity index (χ3n) is 3.36. The monoisotopic (exact) mass is 394 g/mol. The van der Waals surface area contributed by atoms with Crippen LogP contribution in [0.2, 0.25) is 0 Å². The van der Waals surface area contributed by atoms with Gasteiger partial charge in [-0.15, -0.1) is 22.7 Å². The summed E-state index contributed by atoms with van der Waals surface area (Å²) in [4.78, 5) is 33.0. The summed E-state index contributed by atoms with van der Waals surface area (Å²) in [5.41, 5.74) is 1.98. The Morgan fingerprint density at radius 2 is 2.12 bits per heavy atom. The van der Waals surface area contributed by atoms with Crippen LogP contribution in [0.3, 0.4) is 0 Å². The molecular formula is C17H22N4O3S2. The minimum atomic E-state index is -0.426. The molecule has 7 nitrogen and oxygen atoms in total. The van der Waals surface area contributed by atoms with Gasteiger partial charge in [0, 0.05) is 24.5 Å². The molecule has 2 amide bonds. The van der Waals surface area contributed by atoms with Crippen LogP contribution in [-0.4, -0.2) is 33.5 Å². The average molecular weight is 395 g/mol. The van der Waals surface area contributed by atoms with Gasteiger partial charge in [0.2, 0.25) is 5.91 Å². The highest BCUT2D eigenvalue weighted by atomic mass is 32.1. The lowest BCUT2D eigenvalue weighted by Crippen LogP contribution is -2.26. The maximum atomic E-state index is 12.5. The second-order valence-corrected chi connectivity index (χ2v) is 7.85. The molecule has 0 radical (unpaired) electrons. The van der Waals surface area contributed by atoms with Gasteiger partial charge >= 0.3 is 0 Å². The van der Waals surface area contributed by atoms with Gasteiger partial charge in [-0.05, 0) is 24.8 Å². The summed E-state index contributed by atoms with van der Waals surface area (Å²) < 4.78 is 0. The number of allylic oxidation sites excluding steroid dienone is 1. The first-order valence-corrected chi connectivity index (χ1v) is 10.0. The molecule has 0 saturated carbocycles. The molecule has 0 aliphatic carbocycles. The van der Waals surface area contributed by atoms with Crippen LogP contribution in [0.1, 0.15) is 48.5 Å². The number of thiazole rings is 2. The maximum absolute atomic E-state index is 12.5. The van der Waals surface area contributed by atoms with Crippen molar-refractivity contribution in [2.24, 2.45) is 5.92 Å². The number of nitrogens with one attached hydrogen (secondary N) is 2. The van der Waals surface area contributed by atoms with Crippen molar-refractivity contribution in [2.75, 3.05) is 6.54 Å². The Hall–Kier alpha value is -2.10. The van der Waals surface area contributed by atoms with Crippen molar-refractivity contribution in [3.8, 4) is 10.0 Å². The van der Waals surface area contributed by atoms with Crippen LogP contribution in [-0.2, 0) is 4.79 Å². The van der Waals surface area contributed by atoms with Crippen molar-refractivity contribution in [1.29, 1.82) is 0 Å². The molecule has 2 rings (SSSR count). The highest BCUT2D eigenvalue weighted by molar-refractivity contribution is 7.21. The Kier molecular flexibility index (Phi) is 7.89. The van der Waals surface area contributed by atoms with Crippen molar-refractivity contribution in [1.82, 2.24) is 20.8 Å². The quantitative estimate of drug-likeness (QED) is 0.344. The van der Waals surface area contributed by atoms with E-state index in [4.69, 9.17) is 5.21 Å². The first kappa shape index (κ1) is 20.2. The lowest BCUT2D eigenvalue weighted by atomic mass is 10.2. The van der Waals surface area contributed by atoms with Crippen molar-refractivity contribution in [3.63, 3.8) is 0 Å². The Morgan fingerprint density at radius 3 is 2.77 bits per heavy atom. The van der Waals surface area contributed by atoms with Gasteiger partial charge in [-0.3, -0.25) is 14.8 Å². The lowest BCUT2D eigenvalue weighted by molar-refractivity contribution is -0.129. The van der Waals surface area contributed by atoms with E-state index in [9.17, 15) is 9.59 Å². The fraction of sp³-hybridized carbons (Fsp3) is 0.412. The van der Waals surface area contributed by atoms with Gasteiger partial charge in [-0.1, -0.05) is 19.9 Å².